The summed E-state index contributed by atoms with van der Waals surface area (Å²) in [6.45, 7) is 0.532. The van der Waals surface area contributed by atoms with Crippen molar-refractivity contribution in [3.05, 3.63) is 51.9 Å². The second-order valence-corrected chi connectivity index (χ2v) is 7.09. The van der Waals surface area contributed by atoms with Crippen molar-refractivity contribution < 1.29 is 22.6 Å². The van der Waals surface area contributed by atoms with Crippen LogP contribution in [0.15, 0.2) is 28.9 Å². The molecule has 0 saturated carbocycles. The highest BCUT2D eigenvalue weighted by Gasteiger charge is 2.27. The maximum absolute atomic E-state index is 14.9. The van der Waals surface area contributed by atoms with Crippen molar-refractivity contribution in [2.75, 3.05) is 6.61 Å². The van der Waals surface area contributed by atoms with Gasteiger partial charge in [-0.05, 0) is 47.3 Å². The Labute approximate surface area is 166 Å². The summed E-state index contributed by atoms with van der Waals surface area (Å²) in [6, 6.07) is 5.03. The van der Waals surface area contributed by atoms with Crippen LogP contribution in [0.25, 0.3) is 10.9 Å². The molecule has 28 heavy (non-hydrogen) atoms. The van der Waals surface area contributed by atoms with E-state index in [-0.39, 0.29) is 21.3 Å². The van der Waals surface area contributed by atoms with Crippen LogP contribution < -0.4 is 4.74 Å². The zero-order chi connectivity index (χ0) is 19.8. The van der Waals surface area contributed by atoms with Crippen molar-refractivity contribution in [3.8, 4) is 17.6 Å². The number of ether oxygens (including phenoxy) is 2. The molecule has 1 saturated heterocycles. The third-order valence-corrected chi connectivity index (χ3v) is 5.33. The minimum absolute atomic E-state index is 0.000643. The van der Waals surface area contributed by atoms with Crippen molar-refractivity contribution in [3.63, 3.8) is 0 Å². The largest absolute Gasteiger partial charge is 0.453 e. The molecule has 3 aromatic rings. The number of hydrogen-bond donors (Lipinski definition) is 0. The van der Waals surface area contributed by atoms with E-state index in [0.717, 1.165) is 25.0 Å². The van der Waals surface area contributed by atoms with Crippen LogP contribution in [-0.2, 0) is 4.74 Å². The summed E-state index contributed by atoms with van der Waals surface area (Å²) in [5, 5.41) is 13.4. The molecular formula is C19H13BrF3N3O2. The van der Waals surface area contributed by atoms with Crippen LogP contribution in [0.2, 0.25) is 0 Å². The molecule has 0 spiro atoms. The van der Waals surface area contributed by atoms with Gasteiger partial charge in [-0.2, -0.15) is 14.8 Å². The van der Waals surface area contributed by atoms with Gasteiger partial charge in [0.25, 0.3) is 0 Å². The maximum Gasteiger partial charge on any atom is 0.204 e. The third kappa shape index (κ3) is 3.12. The Morgan fingerprint density at radius 1 is 1.25 bits per heavy atom. The molecule has 0 bridgehead atoms. The fourth-order valence-electron chi connectivity index (χ4n) is 3.16. The molecule has 0 amide bonds. The van der Waals surface area contributed by atoms with Gasteiger partial charge in [0.2, 0.25) is 5.82 Å². The summed E-state index contributed by atoms with van der Waals surface area (Å²) < 4.78 is 55.7. The molecule has 0 N–H and O–H groups in total. The lowest BCUT2D eigenvalue weighted by Crippen LogP contribution is -2.19. The molecule has 0 aliphatic carbocycles. The molecule has 0 radical (unpaired) electrons. The van der Waals surface area contributed by atoms with Crippen LogP contribution >= 0.6 is 15.9 Å². The highest BCUT2D eigenvalue weighted by Crippen LogP contribution is 2.41. The molecular weight excluding hydrogens is 439 g/mol. The first-order chi connectivity index (χ1) is 13.5. The van der Waals surface area contributed by atoms with Gasteiger partial charge in [0.05, 0.1) is 16.2 Å². The molecule has 5 nitrogen and oxygen atoms in total. The Balaban J connectivity index is 1.79. The minimum Gasteiger partial charge on any atom is -0.453 e. The molecule has 1 atom stereocenters. The van der Waals surface area contributed by atoms with Gasteiger partial charge in [0.15, 0.2) is 17.8 Å². The zero-order valence-electron chi connectivity index (χ0n) is 14.4. The van der Waals surface area contributed by atoms with E-state index in [4.69, 9.17) is 14.7 Å². The first-order valence-electron chi connectivity index (χ1n) is 8.54. The number of aromatic nitrogens is 2. The van der Waals surface area contributed by atoms with E-state index in [2.05, 4.69) is 21.0 Å². The SMILES string of the molecule is N#Cc1cc(Oc2c(F)c(F)c3c(cnn3C3CCCCO3)c2Br)ccc1F. The summed E-state index contributed by atoms with van der Waals surface area (Å²) in [4.78, 5) is 0. The van der Waals surface area contributed by atoms with E-state index in [1.807, 2.05) is 0 Å². The first-order valence-corrected chi connectivity index (χ1v) is 9.33. The molecule has 1 fully saturated rings. The van der Waals surface area contributed by atoms with E-state index in [0.29, 0.717) is 18.4 Å². The van der Waals surface area contributed by atoms with E-state index < -0.39 is 29.4 Å². The quantitative estimate of drug-likeness (QED) is 0.487. The van der Waals surface area contributed by atoms with Gasteiger partial charge in [-0.3, -0.25) is 0 Å². The Morgan fingerprint density at radius 2 is 2.07 bits per heavy atom. The van der Waals surface area contributed by atoms with Crippen LogP contribution in [0.4, 0.5) is 13.2 Å². The lowest BCUT2D eigenvalue weighted by Gasteiger charge is -2.23. The molecule has 2 aromatic carbocycles. The van der Waals surface area contributed by atoms with Crippen molar-refractivity contribution in [2.24, 2.45) is 0 Å². The molecule has 1 unspecified atom stereocenters. The van der Waals surface area contributed by atoms with Crippen LogP contribution in [-0.4, -0.2) is 16.4 Å². The predicted molar refractivity (Wildman–Crippen MR) is 97.4 cm³/mol. The topological polar surface area (TPSA) is 60.1 Å². The van der Waals surface area contributed by atoms with Crippen LogP contribution in [0.3, 0.4) is 0 Å². The molecule has 4 rings (SSSR count). The van der Waals surface area contributed by atoms with Gasteiger partial charge in [-0.25, -0.2) is 13.5 Å². The number of fused-ring (bicyclic) bond motifs is 1. The van der Waals surface area contributed by atoms with E-state index >= 15 is 0 Å². The van der Waals surface area contributed by atoms with Crippen molar-refractivity contribution in [1.29, 1.82) is 5.26 Å². The summed E-state index contributed by atoms with van der Waals surface area (Å²) in [7, 11) is 0. The Bertz CT molecular complexity index is 1100. The van der Waals surface area contributed by atoms with Crippen LogP contribution in [0, 0.1) is 28.8 Å². The smallest absolute Gasteiger partial charge is 0.204 e. The average molecular weight is 452 g/mol. The average Bonchev–Trinajstić information content (AvgIpc) is 3.17. The standard InChI is InChI=1S/C19H13BrF3N3O2/c20-15-12-9-25-26(14-3-1-2-6-27-14)18(12)16(22)17(23)19(15)28-11-4-5-13(21)10(7-11)8-24/h4-5,7,9,14H,1-3,6H2. The Morgan fingerprint density at radius 3 is 2.79 bits per heavy atom. The van der Waals surface area contributed by atoms with Crippen LogP contribution in [0.1, 0.15) is 31.1 Å². The number of nitriles is 1. The molecule has 9 heteroatoms. The van der Waals surface area contributed by atoms with E-state index in [9.17, 15) is 13.2 Å². The van der Waals surface area contributed by atoms with Crippen LogP contribution in [0.5, 0.6) is 11.5 Å². The maximum atomic E-state index is 14.9. The minimum atomic E-state index is -1.22. The molecule has 1 aliphatic rings. The lowest BCUT2D eigenvalue weighted by atomic mass is 10.1. The van der Waals surface area contributed by atoms with Gasteiger partial charge in [-0.15, -0.1) is 0 Å². The van der Waals surface area contributed by atoms with Gasteiger partial charge in [-0.1, -0.05) is 0 Å². The van der Waals surface area contributed by atoms with E-state index in [1.54, 1.807) is 6.07 Å². The van der Waals surface area contributed by atoms with Crippen molar-refractivity contribution >= 4 is 26.8 Å². The van der Waals surface area contributed by atoms with Crippen molar-refractivity contribution in [2.45, 2.75) is 25.5 Å². The summed E-state index contributed by atoms with van der Waals surface area (Å²) in [5.74, 6) is -3.49. The third-order valence-electron chi connectivity index (χ3n) is 4.54. The van der Waals surface area contributed by atoms with Gasteiger partial charge in [0.1, 0.15) is 23.2 Å². The first kappa shape index (κ1) is 18.8. The second-order valence-electron chi connectivity index (χ2n) is 6.30. The Hall–Kier alpha value is -2.57. The number of halogens is 4. The van der Waals surface area contributed by atoms with Gasteiger partial charge < -0.3 is 9.47 Å². The molecule has 2 heterocycles. The number of rotatable bonds is 3. The van der Waals surface area contributed by atoms with Gasteiger partial charge >= 0.3 is 0 Å². The number of benzene rings is 2. The zero-order valence-corrected chi connectivity index (χ0v) is 16.0. The molecule has 1 aromatic heterocycles. The predicted octanol–water partition coefficient (Wildman–Crippen LogP) is 5.58. The lowest BCUT2D eigenvalue weighted by molar-refractivity contribution is -0.0369. The highest BCUT2D eigenvalue weighted by atomic mass is 79.9. The fourth-order valence-corrected chi connectivity index (χ4v) is 3.71. The normalized spacial score (nSPS) is 16.9. The molecule has 1 aliphatic heterocycles. The highest BCUT2D eigenvalue weighted by molar-refractivity contribution is 9.10. The monoisotopic (exact) mass is 451 g/mol. The second kappa shape index (κ2) is 7.45. The summed E-state index contributed by atoms with van der Waals surface area (Å²) in [6.07, 6.45) is 3.41. The summed E-state index contributed by atoms with van der Waals surface area (Å²) >= 11 is 3.25. The Kier molecular flexibility index (Phi) is 5.00. The number of hydrogen-bond acceptors (Lipinski definition) is 4. The summed E-state index contributed by atoms with van der Waals surface area (Å²) in [5.41, 5.74) is -0.293. The van der Waals surface area contributed by atoms with Crippen molar-refractivity contribution in [1.82, 2.24) is 9.78 Å². The van der Waals surface area contributed by atoms with Gasteiger partial charge in [0, 0.05) is 18.1 Å². The molecule has 144 valence electrons. The number of nitrogens with zero attached hydrogens (tertiary/aromatic N) is 3. The van der Waals surface area contributed by atoms with E-state index in [1.165, 1.54) is 16.9 Å². The fraction of sp³-hybridized carbons (Fsp3) is 0.263.